The number of allylic oxidation sites excluding steroid dienone is 1. The highest BCUT2D eigenvalue weighted by molar-refractivity contribution is 8.18. The Kier molecular flexibility index (Phi) is 11.1. The summed E-state index contributed by atoms with van der Waals surface area (Å²) in [4.78, 5) is 51.5. The maximum Gasteiger partial charge on any atom is 0.339 e. The van der Waals surface area contributed by atoms with Crippen molar-refractivity contribution in [1.82, 2.24) is 4.90 Å². The second kappa shape index (κ2) is 15.0. The number of anilines is 1. The Hall–Kier alpha value is -4.25. The van der Waals surface area contributed by atoms with Gasteiger partial charge in [-0.2, -0.15) is 0 Å². The number of carbonyl (C=O) groups is 4. The smallest absolute Gasteiger partial charge is 0.339 e. The first kappa shape index (κ1) is 32.7. The van der Waals surface area contributed by atoms with Crippen LogP contribution in [-0.4, -0.2) is 48.2 Å². The van der Waals surface area contributed by atoms with E-state index in [1.807, 2.05) is 25.1 Å². The number of imide groups is 1. The number of benzene rings is 3. The van der Waals surface area contributed by atoms with E-state index in [2.05, 4.69) is 16.6 Å². The third-order valence-corrected chi connectivity index (χ3v) is 7.73. The summed E-state index contributed by atoms with van der Waals surface area (Å²) in [5.41, 5.74) is 2.61. The molecule has 228 valence electrons. The molecule has 0 aliphatic carbocycles. The molecule has 3 amide bonds. The Morgan fingerprint density at radius 2 is 1.80 bits per heavy atom. The van der Waals surface area contributed by atoms with E-state index < -0.39 is 29.6 Å². The highest BCUT2D eigenvalue weighted by atomic mass is 35.5. The molecule has 0 radical (unpaired) electrons. The van der Waals surface area contributed by atoms with E-state index in [0.29, 0.717) is 35.1 Å². The summed E-state index contributed by atoms with van der Waals surface area (Å²) in [5, 5.41) is 2.75. The Morgan fingerprint density at radius 3 is 2.48 bits per heavy atom. The lowest BCUT2D eigenvalue weighted by Crippen LogP contribution is -2.36. The van der Waals surface area contributed by atoms with Gasteiger partial charge in [-0.15, -0.1) is 6.58 Å². The average Bonchev–Trinajstić information content (AvgIpc) is 3.25. The molecule has 1 saturated heterocycles. The van der Waals surface area contributed by atoms with Gasteiger partial charge in [0.2, 0.25) is 5.91 Å². The average molecular weight is 656 g/mol. The Labute approximate surface area is 268 Å². The quantitative estimate of drug-likeness (QED) is 0.124. The molecule has 1 aliphatic rings. The number of amides is 3. The third kappa shape index (κ3) is 8.02. The molecule has 4 rings (SSSR count). The number of nitrogens with zero attached hydrogens (tertiary/aromatic N) is 1. The molecule has 1 N–H and O–H groups in total. The summed E-state index contributed by atoms with van der Waals surface area (Å²) in [6.45, 7) is 5.81. The summed E-state index contributed by atoms with van der Waals surface area (Å²) >= 11 is 12.7. The second-order valence-electron chi connectivity index (χ2n) is 9.35. The standard InChI is InChI=1S/C32H28Cl2N2O7S/c1-4-6-21-13-20(14-26(42-5-2)29(21)43-18-19-7-9-22(33)10-8-19)15-27-30(38)36(32(40)44-27)17-28(37)35-23-11-12-25(34)24(16-23)31(39)41-3/h4,7-16H,1,5-6,17-18H2,2-3H3,(H,35,37)/b27-15-. The van der Waals surface area contributed by atoms with E-state index in [4.69, 9.17) is 32.7 Å². The SMILES string of the molecule is C=CCc1cc(/C=C2\SC(=O)N(CC(=O)Nc3ccc(Cl)c(C(=O)OC)c3)C2=O)cc(OCC)c1OCc1ccc(Cl)cc1. The molecule has 3 aromatic rings. The van der Waals surface area contributed by atoms with Gasteiger partial charge < -0.3 is 19.5 Å². The molecule has 0 atom stereocenters. The van der Waals surface area contributed by atoms with E-state index in [0.717, 1.165) is 27.8 Å². The molecule has 0 spiro atoms. The number of thioether (sulfide) groups is 1. The Bertz CT molecular complexity index is 1640. The van der Waals surface area contributed by atoms with E-state index in [1.54, 1.807) is 30.4 Å². The van der Waals surface area contributed by atoms with Gasteiger partial charge >= 0.3 is 5.97 Å². The van der Waals surface area contributed by atoms with Crippen LogP contribution in [0.5, 0.6) is 11.5 Å². The van der Waals surface area contributed by atoms with E-state index in [9.17, 15) is 19.2 Å². The second-order valence-corrected chi connectivity index (χ2v) is 11.2. The fourth-order valence-electron chi connectivity index (χ4n) is 4.24. The zero-order chi connectivity index (χ0) is 31.8. The Balaban J connectivity index is 1.52. The highest BCUT2D eigenvalue weighted by Gasteiger charge is 2.36. The van der Waals surface area contributed by atoms with Crippen LogP contribution < -0.4 is 14.8 Å². The molecule has 0 aromatic heterocycles. The van der Waals surface area contributed by atoms with Gasteiger partial charge in [0.05, 0.1) is 29.2 Å². The molecule has 0 bridgehead atoms. The van der Waals surface area contributed by atoms with Crippen LogP contribution in [-0.2, 0) is 27.4 Å². The van der Waals surface area contributed by atoms with Crippen molar-refractivity contribution in [2.75, 3.05) is 25.6 Å². The van der Waals surface area contributed by atoms with Gasteiger partial charge in [0.25, 0.3) is 11.1 Å². The molecule has 44 heavy (non-hydrogen) atoms. The van der Waals surface area contributed by atoms with E-state index >= 15 is 0 Å². The number of rotatable bonds is 12. The fraction of sp³-hybridized carbons (Fsp3) is 0.188. The number of hydrogen-bond acceptors (Lipinski definition) is 8. The third-order valence-electron chi connectivity index (χ3n) is 6.24. The molecule has 0 saturated carbocycles. The van der Waals surface area contributed by atoms with Crippen LogP contribution >= 0.6 is 35.0 Å². The number of methoxy groups -OCH3 is 1. The Morgan fingerprint density at radius 1 is 1.05 bits per heavy atom. The van der Waals surface area contributed by atoms with Gasteiger partial charge in [0.1, 0.15) is 13.2 Å². The summed E-state index contributed by atoms with van der Waals surface area (Å²) in [7, 11) is 1.21. The van der Waals surface area contributed by atoms with Gasteiger partial charge in [0.15, 0.2) is 11.5 Å². The van der Waals surface area contributed by atoms with Crippen molar-refractivity contribution < 1.29 is 33.4 Å². The van der Waals surface area contributed by atoms with Crippen molar-refractivity contribution >= 4 is 69.8 Å². The summed E-state index contributed by atoms with van der Waals surface area (Å²) < 4.78 is 16.7. The fourth-order valence-corrected chi connectivity index (χ4v) is 5.40. The van der Waals surface area contributed by atoms with Crippen molar-refractivity contribution in [3.8, 4) is 11.5 Å². The highest BCUT2D eigenvalue weighted by Crippen LogP contribution is 2.38. The van der Waals surface area contributed by atoms with Crippen LogP contribution in [0.25, 0.3) is 6.08 Å². The molecule has 1 heterocycles. The van der Waals surface area contributed by atoms with Crippen molar-refractivity contribution in [2.45, 2.75) is 20.0 Å². The summed E-state index contributed by atoms with van der Waals surface area (Å²) in [6, 6.07) is 15.1. The van der Waals surface area contributed by atoms with E-state index in [-0.39, 0.29) is 27.8 Å². The number of carbonyl (C=O) groups excluding carboxylic acids is 4. The monoisotopic (exact) mass is 654 g/mol. The number of hydrogen-bond donors (Lipinski definition) is 1. The first-order chi connectivity index (χ1) is 21.1. The van der Waals surface area contributed by atoms with Gasteiger partial charge in [-0.1, -0.05) is 41.4 Å². The van der Waals surface area contributed by atoms with Crippen LogP contribution in [0, 0.1) is 0 Å². The minimum Gasteiger partial charge on any atom is -0.490 e. The molecular formula is C32H28Cl2N2O7S. The first-order valence-corrected chi connectivity index (χ1v) is 14.9. The lowest BCUT2D eigenvalue weighted by atomic mass is 10.0. The molecular weight excluding hydrogens is 627 g/mol. The predicted molar refractivity (Wildman–Crippen MR) is 171 cm³/mol. The lowest BCUT2D eigenvalue weighted by Gasteiger charge is -2.17. The van der Waals surface area contributed by atoms with Crippen molar-refractivity contribution in [3.63, 3.8) is 0 Å². The predicted octanol–water partition coefficient (Wildman–Crippen LogP) is 7.16. The van der Waals surface area contributed by atoms with Crippen LogP contribution in [0.4, 0.5) is 10.5 Å². The van der Waals surface area contributed by atoms with Gasteiger partial charge in [0, 0.05) is 16.3 Å². The van der Waals surface area contributed by atoms with Gasteiger partial charge in [-0.05, 0) is 84.8 Å². The summed E-state index contributed by atoms with van der Waals surface area (Å²) in [6.07, 6.45) is 3.76. The first-order valence-electron chi connectivity index (χ1n) is 13.3. The maximum absolute atomic E-state index is 13.2. The number of nitrogens with one attached hydrogen (secondary N) is 1. The van der Waals surface area contributed by atoms with Crippen LogP contribution in [0.15, 0.2) is 72.2 Å². The zero-order valence-corrected chi connectivity index (χ0v) is 26.2. The molecule has 3 aromatic carbocycles. The lowest BCUT2D eigenvalue weighted by molar-refractivity contribution is -0.127. The molecule has 1 aliphatic heterocycles. The minimum atomic E-state index is -0.674. The normalized spacial score (nSPS) is 13.6. The molecule has 9 nitrogen and oxygen atoms in total. The number of esters is 1. The number of halogens is 2. The van der Waals surface area contributed by atoms with Crippen molar-refractivity contribution in [3.05, 3.63) is 104 Å². The minimum absolute atomic E-state index is 0.0599. The molecule has 12 heteroatoms. The van der Waals surface area contributed by atoms with Gasteiger partial charge in [-0.25, -0.2) is 4.79 Å². The van der Waals surface area contributed by atoms with Crippen LogP contribution in [0.2, 0.25) is 10.0 Å². The van der Waals surface area contributed by atoms with Gasteiger partial charge in [-0.3, -0.25) is 19.3 Å². The van der Waals surface area contributed by atoms with Crippen molar-refractivity contribution in [1.29, 1.82) is 0 Å². The maximum atomic E-state index is 13.2. The zero-order valence-electron chi connectivity index (χ0n) is 23.9. The molecule has 0 unspecified atom stereocenters. The van der Waals surface area contributed by atoms with Crippen LogP contribution in [0.1, 0.15) is 34.0 Å². The van der Waals surface area contributed by atoms with Crippen molar-refractivity contribution in [2.24, 2.45) is 0 Å². The largest absolute Gasteiger partial charge is 0.490 e. The number of ether oxygens (including phenoxy) is 3. The van der Waals surface area contributed by atoms with Crippen LogP contribution in [0.3, 0.4) is 0 Å². The summed E-state index contributed by atoms with van der Waals surface area (Å²) in [5.74, 6) is -0.915. The topological polar surface area (TPSA) is 111 Å². The van der Waals surface area contributed by atoms with E-state index in [1.165, 1.54) is 25.3 Å². The molecule has 1 fully saturated rings.